The summed E-state index contributed by atoms with van der Waals surface area (Å²) in [6.07, 6.45) is 0. The van der Waals surface area contributed by atoms with Crippen LogP contribution < -0.4 is 0 Å². The molecule has 44 valence electrons. The normalized spacial score (nSPS) is 7.38. The van der Waals surface area contributed by atoms with Crippen LogP contribution in [0.4, 0.5) is 0 Å². The van der Waals surface area contributed by atoms with E-state index < -0.39 is 7.82 Å². The van der Waals surface area contributed by atoms with Crippen molar-refractivity contribution in [3.63, 3.8) is 0 Å². The van der Waals surface area contributed by atoms with Crippen LogP contribution in [0.3, 0.4) is 0 Å². The zero-order valence-corrected chi connectivity index (χ0v) is 3.09. The summed E-state index contributed by atoms with van der Waals surface area (Å²) in [5, 5.41) is 0. The Hall–Kier alpha value is 3.71. The maximum absolute atomic E-state index is 8.88. The Morgan fingerprint density at radius 3 is 1.12 bits per heavy atom. The van der Waals surface area contributed by atoms with Gasteiger partial charge in [-0.1, -0.05) is 0 Å². The van der Waals surface area contributed by atoms with Crippen LogP contribution in [0, 0.1) is 0 Å². The first-order valence-corrected chi connectivity index (χ1v) is 2.35. The SMILES string of the molecule is O=P(O)(O)O.[BaH2].[CaH2].[MgH2]. The average Bonchev–Trinajstić information content (AvgIpc) is 0.722. The maximum atomic E-state index is 8.88. The van der Waals surface area contributed by atoms with Crippen molar-refractivity contribution in [2.75, 3.05) is 0 Å². The topological polar surface area (TPSA) is 77.8 Å². The molecule has 0 radical (unpaired) electrons. The molecule has 0 amide bonds. The third-order valence-corrected chi connectivity index (χ3v) is 0. The number of phosphoric acid groups is 1. The molecule has 0 unspecified atom stereocenters. The summed E-state index contributed by atoms with van der Waals surface area (Å²) in [4.78, 5) is 21.6. The molecule has 0 fully saturated rings. The van der Waals surface area contributed by atoms with Crippen LogP contribution in [0.2, 0.25) is 0 Å². The van der Waals surface area contributed by atoms with E-state index in [9.17, 15) is 0 Å². The summed E-state index contributed by atoms with van der Waals surface area (Å²) in [6, 6.07) is 0. The maximum Gasteiger partial charge on any atom is 0.316 e. The van der Waals surface area contributed by atoms with E-state index in [1.165, 1.54) is 0 Å². The molecule has 0 aliphatic carbocycles. The quantitative estimate of drug-likeness (QED) is 0.318. The fourth-order valence-electron chi connectivity index (χ4n) is 0. The largest absolute Gasteiger partial charge is 0.316 e. The molecule has 0 rings (SSSR count). The van der Waals surface area contributed by atoms with Gasteiger partial charge in [0.15, 0.2) is 0 Å². The van der Waals surface area contributed by atoms with Crippen LogP contribution in [0.15, 0.2) is 0 Å². The summed E-state index contributed by atoms with van der Waals surface area (Å²) in [6.45, 7) is 0. The Balaban J connectivity index is -0.0000000267. The molecule has 0 aliphatic heterocycles. The molecule has 0 aromatic heterocycles. The van der Waals surface area contributed by atoms with Gasteiger partial charge in [-0.05, 0) is 0 Å². The second kappa shape index (κ2) is 10.7. The molecule has 0 aliphatic rings. The molecule has 3 N–H and O–H groups in total. The Bertz CT molecular complexity index is 62.2. The first-order valence-electron chi connectivity index (χ1n) is 0.783. The van der Waals surface area contributed by atoms with E-state index in [1.807, 2.05) is 0 Å². The predicted molar refractivity (Wildman–Crippen MR) is 39.9 cm³/mol. The molecule has 0 saturated heterocycles. The summed E-state index contributed by atoms with van der Waals surface area (Å²) in [7, 11) is -4.64. The number of hydrogen-bond acceptors (Lipinski definition) is 1. The number of hydrogen-bond donors (Lipinski definition) is 3. The van der Waals surface area contributed by atoms with Crippen molar-refractivity contribution >= 4 is 117 Å². The Morgan fingerprint density at radius 1 is 1.12 bits per heavy atom. The molecule has 0 heterocycles. The minimum absolute atomic E-state index is 0. The minimum Gasteiger partial charge on any atom is 0.316 e. The first-order chi connectivity index (χ1) is 2.00. The van der Waals surface area contributed by atoms with Gasteiger partial charge in [-0.2, -0.15) is 0 Å². The van der Waals surface area contributed by atoms with Crippen LogP contribution in [-0.4, -0.2) is 124 Å². The van der Waals surface area contributed by atoms with Gasteiger partial charge in [0.1, 0.15) is 0 Å². The predicted octanol–water partition coefficient (Wildman–Crippen LogP) is -3.68. The smallest absolute Gasteiger partial charge is 0.316 e. The fraction of sp³-hybridized carbons (Fsp3) is 0. The van der Waals surface area contributed by atoms with E-state index in [4.69, 9.17) is 19.2 Å². The van der Waals surface area contributed by atoms with Crippen molar-refractivity contribution in [3.05, 3.63) is 0 Å². The monoisotopic (exact) mass is 306 g/mol. The average molecular weight is 306 g/mol. The van der Waals surface area contributed by atoms with Crippen molar-refractivity contribution in [1.29, 1.82) is 0 Å². The zero-order valence-electron chi connectivity index (χ0n) is 2.20. The van der Waals surface area contributed by atoms with Gasteiger partial charge < -0.3 is 14.7 Å². The second-order valence-corrected chi connectivity index (χ2v) is 1.54. The van der Waals surface area contributed by atoms with Crippen LogP contribution in [0.1, 0.15) is 0 Å². The van der Waals surface area contributed by atoms with E-state index in [0.717, 1.165) is 0 Å². The Labute approximate surface area is 133 Å². The second-order valence-electron chi connectivity index (χ2n) is 0.513. The van der Waals surface area contributed by atoms with Crippen molar-refractivity contribution < 1.29 is 19.2 Å². The number of rotatable bonds is 0. The van der Waals surface area contributed by atoms with Gasteiger partial charge in [-0.3, -0.25) is 0 Å². The van der Waals surface area contributed by atoms with Crippen LogP contribution in [-0.2, 0) is 4.57 Å². The van der Waals surface area contributed by atoms with E-state index in [-0.39, 0.29) is 110 Å². The van der Waals surface area contributed by atoms with E-state index in [1.54, 1.807) is 0 Å². The molecule has 0 aromatic rings. The summed E-state index contributed by atoms with van der Waals surface area (Å²) < 4.78 is 8.88. The molecule has 0 atom stereocenters. The van der Waals surface area contributed by atoms with E-state index >= 15 is 0 Å². The van der Waals surface area contributed by atoms with Crippen LogP contribution >= 0.6 is 7.82 Å². The Morgan fingerprint density at radius 2 is 1.12 bits per heavy atom. The molecular weight excluding hydrogens is 297 g/mol. The molecule has 4 nitrogen and oxygen atoms in total. The fourth-order valence-corrected chi connectivity index (χ4v) is 0. The van der Waals surface area contributed by atoms with E-state index in [2.05, 4.69) is 0 Å². The minimum atomic E-state index is -4.64. The first kappa shape index (κ1) is 22.6. The Kier molecular flexibility index (Phi) is 30.2. The van der Waals surface area contributed by atoms with Gasteiger partial charge in [-0.25, -0.2) is 4.57 Å². The van der Waals surface area contributed by atoms with Gasteiger partial charge in [0, 0.05) is 0 Å². The van der Waals surface area contributed by atoms with Crippen molar-refractivity contribution in [1.82, 2.24) is 0 Å². The van der Waals surface area contributed by atoms with Crippen LogP contribution in [0.5, 0.6) is 0 Å². The summed E-state index contributed by atoms with van der Waals surface area (Å²) >= 11 is 0. The third-order valence-electron chi connectivity index (χ3n) is 0. The summed E-state index contributed by atoms with van der Waals surface area (Å²) in [5.41, 5.74) is 0. The molecule has 8 heteroatoms. The van der Waals surface area contributed by atoms with Crippen molar-refractivity contribution in [2.24, 2.45) is 0 Å². The molecule has 8 heavy (non-hydrogen) atoms. The molecular formula is H9BaCaMgO4P. The molecule has 0 bridgehead atoms. The third kappa shape index (κ3) is 53.5. The van der Waals surface area contributed by atoms with Crippen LogP contribution in [0.25, 0.3) is 0 Å². The molecule has 0 aromatic carbocycles. The van der Waals surface area contributed by atoms with Gasteiger partial charge >= 0.3 is 117 Å². The molecule has 0 saturated carbocycles. The van der Waals surface area contributed by atoms with Gasteiger partial charge in [-0.15, -0.1) is 0 Å². The summed E-state index contributed by atoms with van der Waals surface area (Å²) in [5.74, 6) is 0. The standard InChI is InChI=1S/Ba.Ca.Mg.H3O4P.6H/c;;;1-5(2,3)4;;;;;;/h;;;(H3,1,2,3,4);;;;;;. The van der Waals surface area contributed by atoms with E-state index in [0.29, 0.717) is 0 Å². The van der Waals surface area contributed by atoms with Crippen molar-refractivity contribution in [3.8, 4) is 0 Å². The van der Waals surface area contributed by atoms with Gasteiger partial charge in [0.25, 0.3) is 0 Å². The van der Waals surface area contributed by atoms with Crippen molar-refractivity contribution in [2.45, 2.75) is 0 Å². The van der Waals surface area contributed by atoms with Gasteiger partial charge in [0.2, 0.25) is 0 Å². The zero-order chi connectivity index (χ0) is 4.50. The van der Waals surface area contributed by atoms with Gasteiger partial charge in [0.05, 0.1) is 0 Å². The molecule has 0 spiro atoms.